The van der Waals surface area contributed by atoms with Gasteiger partial charge in [-0.05, 0) is 24.8 Å². The zero-order valence-corrected chi connectivity index (χ0v) is 18.5. The molecule has 0 N–H and O–H groups in total. The van der Waals surface area contributed by atoms with Crippen molar-refractivity contribution in [2.45, 2.75) is 42.1 Å². The first-order valence-corrected chi connectivity index (χ1v) is 12.8. The summed E-state index contributed by atoms with van der Waals surface area (Å²) in [5, 5.41) is 11.5. The summed E-state index contributed by atoms with van der Waals surface area (Å²) in [6.45, 7) is -1.10. The molecular formula is C16H19ClF2N6O4S2. The fraction of sp³-hybridized carbons (Fsp3) is 0.438. The van der Waals surface area contributed by atoms with Gasteiger partial charge in [0.1, 0.15) is 23.1 Å². The highest BCUT2D eigenvalue weighted by Gasteiger charge is 2.24. The molecule has 0 fully saturated rings. The molecule has 0 bridgehead atoms. The molecule has 0 spiro atoms. The standard InChI is InChI=1S/C11H13FN4O2S.C5H6ClFN2O2S/c12-4-5-15-8-10(6-13-15)19(17,18)16-7-9-2-1-3-11(9)14-16;6-12(10,11)5-3-8-9(4-5)2-1-7/h6-8H,1-5H2;3-4H,1-2H2. The molecule has 0 saturated carbocycles. The normalized spacial score (nSPS) is 13.6. The monoisotopic (exact) mass is 496 g/mol. The summed E-state index contributed by atoms with van der Waals surface area (Å²) in [6.07, 6.45) is 9.07. The van der Waals surface area contributed by atoms with E-state index in [4.69, 9.17) is 10.7 Å². The van der Waals surface area contributed by atoms with Crippen molar-refractivity contribution in [3.63, 3.8) is 0 Å². The van der Waals surface area contributed by atoms with E-state index in [1.54, 1.807) is 6.20 Å². The van der Waals surface area contributed by atoms with E-state index in [1.807, 2.05) is 0 Å². The topological polar surface area (TPSA) is 122 Å². The van der Waals surface area contributed by atoms with Crippen LogP contribution in [0.1, 0.15) is 17.7 Å². The van der Waals surface area contributed by atoms with E-state index >= 15 is 0 Å². The van der Waals surface area contributed by atoms with Crippen molar-refractivity contribution in [2.24, 2.45) is 0 Å². The quantitative estimate of drug-likeness (QED) is 0.455. The van der Waals surface area contributed by atoms with Crippen LogP contribution in [-0.2, 0) is 45.0 Å². The maximum atomic E-state index is 12.3. The average molecular weight is 497 g/mol. The first-order chi connectivity index (χ1) is 14.6. The summed E-state index contributed by atoms with van der Waals surface area (Å²) < 4.78 is 73.3. The molecule has 0 amide bonds. The Balaban J connectivity index is 0.000000196. The number of rotatable bonds is 7. The average Bonchev–Trinajstić information content (AvgIpc) is 3.46. The van der Waals surface area contributed by atoms with E-state index in [-0.39, 0.29) is 22.9 Å². The highest BCUT2D eigenvalue weighted by molar-refractivity contribution is 8.13. The van der Waals surface area contributed by atoms with Gasteiger partial charge in [0.2, 0.25) is 0 Å². The maximum Gasteiger partial charge on any atom is 0.286 e. The Kier molecular flexibility index (Phi) is 7.11. The molecule has 3 aromatic rings. The van der Waals surface area contributed by atoms with Crippen LogP contribution in [0.4, 0.5) is 8.78 Å². The Bertz CT molecular complexity index is 1230. The van der Waals surface area contributed by atoms with Crippen molar-refractivity contribution < 1.29 is 25.6 Å². The van der Waals surface area contributed by atoms with Gasteiger partial charge in [-0.2, -0.15) is 27.8 Å². The lowest BCUT2D eigenvalue weighted by Crippen LogP contribution is -2.13. The van der Waals surface area contributed by atoms with Crippen LogP contribution in [0.25, 0.3) is 0 Å². The zero-order chi connectivity index (χ0) is 22.6. The molecule has 0 radical (unpaired) electrons. The molecule has 15 heteroatoms. The number of hydrogen-bond donors (Lipinski definition) is 0. The highest BCUT2D eigenvalue weighted by atomic mass is 35.7. The van der Waals surface area contributed by atoms with Crippen LogP contribution >= 0.6 is 10.7 Å². The van der Waals surface area contributed by atoms with Crippen LogP contribution in [0.5, 0.6) is 0 Å². The molecule has 4 rings (SSSR count). The number of aryl methyl sites for hydroxylation is 4. The fourth-order valence-electron chi connectivity index (χ4n) is 2.88. The lowest BCUT2D eigenvalue weighted by atomic mass is 10.3. The molecule has 0 unspecified atom stereocenters. The molecule has 0 aromatic carbocycles. The van der Waals surface area contributed by atoms with Crippen molar-refractivity contribution in [3.05, 3.63) is 42.2 Å². The molecule has 3 aromatic heterocycles. The predicted octanol–water partition coefficient (Wildman–Crippen LogP) is 1.55. The maximum absolute atomic E-state index is 12.3. The first-order valence-electron chi connectivity index (χ1n) is 9.09. The van der Waals surface area contributed by atoms with Crippen molar-refractivity contribution in [3.8, 4) is 0 Å². The Labute approximate surface area is 181 Å². The molecule has 1 aliphatic rings. The van der Waals surface area contributed by atoms with Gasteiger partial charge in [-0.1, -0.05) is 0 Å². The predicted molar refractivity (Wildman–Crippen MR) is 106 cm³/mol. The van der Waals surface area contributed by atoms with Gasteiger partial charge in [-0.15, -0.1) is 0 Å². The number of alkyl halides is 2. The van der Waals surface area contributed by atoms with Gasteiger partial charge in [-0.25, -0.2) is 17.2 Å². The van der Waals surface area contributed by atoms with Gasteiger partial charge >= 0.3 is 0 Å². The second-order valence-corrected chi connectivity index (χ2v) is 10.9. The lowest BCUT2D eigenvalue weighted by Gasteiger charge is -2.01. The fourth-order valence-corrected chi connectivity index (χ4v) is 4.67. The Hall–Kier alpha value is -2.32. The van der Waals surface area contributed by atoms with Crippen LogP contribution in [-0.4, -0.2) is 58.9 Å². The largest absolute Gasteiger partial charge is 0.286 e. The minimum Gasteiger partial charge on any atom is -0.269 e. The molecule has 0 atom stereocenters. The van der Waals surface area contributed by atoms with Gasteiger partial charge in [-0.3, -0.25) is 9.36 Å². The number of halogens is 3. The van der Waals surface area contributed by atoms with Gasteiger partial charge in [0.15, 0.2) is 0 Å². The summed E-state index contributed by atoms with van der Waals surface area (Å²) in [4.78, 5) is -0.0836. The van der Waals surface area contributed by atoms with Crippen molar-refractivity contribution in [2.75, 3.05) is 13.3 Å². The van der Waals surface area contributed by atoms with E-state index in [2.05, 4.69) is 15.3 Å². The van der Waals surface area contributed by atoms with E-state index in [9.17, 15) is 25.6 Å². The number of fused-ring (bicyclic) bond motifs is 1. The van der Waals surface area contributed by atoms with Crippen LogP contribution in [0, 0.1) is 0 Å². The van der Waals surface area contributed by atoms with Gasteiger partial charge in [0.05, 0.1) is 31.2 Å². The van der Waals surface area contributed by atoms with E-state index in [0.29, 0.717) is 0 Å². The molecular weight excluding hydrogens is 478 g/mol. The van der Waals surface area contributed by atoms with Crippen molar-refractivity contribution in [1.29, 1.82) is 0 Å². The van der Waals surface area contributed by atoms with Gasteiger partial charge in [0, 0.05) is 29.3 Å². The van der Waals surface area contributed by atoms with Crippen LogP contribution < -0.4 is 0 Å². The van der Waals surface area contributed by atoms with E-state index in [0.717, 1.165) is 40.8 Å². The Morgan fingerprint density at radius 3 is 2.00 bits per heavy atom. The lowest BCUT2D eigenvalue weighted by molar-refractivity contribution is 0.426. The molecule has 0 saturated heterocycles. The summed E-state index contributed by atoms with van der Waals surface area (Å²) in [7, 11) is -2.45. The molecule has 31 heavy (non-hydrogen) atoms. The number of nitrogens with zero attached hydrogens (tertiary/aromatic N) is 6. The molecule has 0 aliphatic heterocycles. The molecule has 10 nitrogen and oxygen atoms in total. The number of aromatic nitrogens is 6. The Morgan fingerprint density at radius 2 is 1.48 bits per heavy atom. The summed E-state index contributed by atoms with van der Waals surface area (Å²) in [5.41, 5.74) is 1.83. The molecule has 1 aliphatic carbocycles. The van der Waals surface area contributed by atoms with E-state index in [1.165, 1.54) is 28.0 Å². The number of hydrogen-bond acceptors (Lipinski definition) is 7. The SMILES string of the molecule is O=S(=O)(Cl)c1cnn(CCF)c1.O=S(=O)(c1cnn(CCF)c1)n1cc2c(n1)CCC2. The second kappa shape index (κ2) is 9.44. The van der Waals surface area contributed by atoms with Gasteiger partial charge in [0.25, 0.3) is 19.1 Å². The third-order valence-corrected chi connectivity index (χ3v) is 7.18. The van der Waals surface area contributed by atoms with Crippen LogP contribution in [0.3, 0.4) is 0 Å². The van der Waals surface area contributed by atoms with Crippen molar-refractivity contribution in [1.82, 2.24) is 28.7 Å². The minimum absolute atomic E-state index is 0.0297. The summed E-state index contributed by atoms with van der Waals surface area (Å²) >= 11 is 0. The van der Waals surface area contributed by atoms with Crippen LogP contribution in [0.2, 0.25) is 0 Å². The Morgan fingerprint density at radius 1 is 0.903 bits per heavy atom. The molecule has 3 heterocycles. The summed E-state index contributed by atoms with van der Waals surface area (Å²) in [5.74, 6) is 0. The van der Waals surface area contributed by atoms with Crippen LogP contribution in [0.15, 0.2) is 40.8 Å². The first kappa shape index (κ1) is 23.3. The third-order valence-electron chi connectivity index (χ3n) is 4.39. The summed E-state index contributed by atoms with van der Waals surface area (Å²) in [6, 6.07) is 0. The third kappa shape index (κ3) is 5.49. The van der Waals surface area contributed by atoms with E-state index < -0.39 is 32.4 Å². The second-order valence-electron chi connectivity index (χ2n) is 6.53. The highest BCUT2D eigenvalue weighted by Crippen LogP contribution is 2.22. The van der Waals surface area contributed by atoms with Crippen molar-refractivity contribution >= 4 is 29.8 Å². The van der Waals surface area contributed by atoms with Gasteiger partial charge < -0.3 is 0 Å². The zero-order valence-electron chi connectivity index (χ0n) is 16.1. The minimum atomic E-state index is -3.73. The molecule has 170 valence electrons. The smallest absolute Gasteiger partial charge is 0.269 e.